The number of piperidine rings is 1. The summed E-state index contributed by atoms with van der Waals surface area (Å²) in [6.45, 7) is 3.26. The molecule has 1 aliphatic heterocycles. The number of carbonyl (C=O) groups is 1. The maximum absolute atomic E-state index is 12.7. The second-order valence-corrected chi connectivity index (χ2v) is 8.79. The molecular weight excluding hydrogens is 352 g/mol. The summed E-state index contributed by atoms with van der Waals surface area (Å²) in [6.07, 6.45) is 5.56. The van der Waals surface area contributed by atoms with Crippen LogP contribution < -0.4 is 4.74 Å². The Bertz CT molecular complexity index is 705. The predicted molar refractivity (Wildman–Crippen MR) is 103 cm³/mol. The fourth-order valence-electron chi connectivity index (χ4n) is 3.50. The van der Waals surface area contributed by atoms with Gasteiger partial charge >= 0.3 is 0 Å². The van der Waals surface area contributed by atoms with E-state index in [1.807, 2.05) is 23.1 Å². The Balaban J connectivity index is 2.05. The van der Waals surface area contributed by atoms with E-state index in [0.717, 1.165) is 37.8 Å². The number of para-hydroxylation sites is 1. The van der Waals surface area contributed by atoms with Crippen LogP contribution in [0.15, 0.2) is 24.3 Å². The van der Waals surface area contributed by atoms with E-state index in [4.69, 9.17) is 4.74 Å². The molecule has 26 heavy (non-hydrogen) atoms. The predicted octanol–water partition coefficient (Wildman–Crippen LogP) is 2.64. The van der Waals surface area contributed by atoms with E-state index < -0.39 is 10.0 Å². The van der Waals surface area contributed by atoms with E-state index in [2.05, 4.69) is 6.92 Å². The van der Waals surface area contributed by atoms with Crippen molar-refractivity contribution in [3.63, 3.8) is 0 Å². The Hall–Kier alpha value is -1.60. The molecule has 2 rings (SSSR count). The molecule has 146 valence electrons. The first-order valence-corrected chi connectivity index (χ1v) is 11.1. The highest BCUT2D eigenvalue weighted by atomic mass is 32.2. The number of likely N-dealkylation sites (tertiary alicyclic amines) is 1. The van der Waals surface area contributed by atoms with Gasteiger partial charge in [-0.05, 0) is 31.7 Å². The van der Waals surface area contributed by atoms with Gasteiger partial charge in [0.15, 0.2) is 0 Å². The van der Waals surface area contributed by atoms with Crippen molar-refractivity contribution in [3.8, 4) is 5.75 Å². The largest absolute Gasteiger partial charge is 0.496 e. The smallest absolute Gasteiger partial charge is 0.224 e. The van der Waals surface area contributed by atoms with Crippen LogP contribution in [0.5, 0.6) is 5.75 Å². The summed E-state index contributed by atoms with van der Waals surface area (Å²) in [5, 5.41) is 0. The van der Waals surface area contributed by atoms with Gasteiger partial charge in [0.05, 0.1) is 13.4 Å². The molecule has 1 atom stereocenters. The second-order valence-electron chi connectivity index (χ2n) is 6.80. The van der Waals surface area contributed by atoms with Gasteiger partial charge < -0.3 is 9.64 Å². The van der Waals surface area contributed by atoms with Gasteiger partial charge in [0.25, 0.3) is 0 Å². The van der Waals surface area contributed by atoms with Crippen molar-refractivity contribution in [2.24, 2.45) is 0 Å². The van der Waals surface area contributed by atoms with E-state index in [9.17, 15) is 13.2 Å². The third-order valence-corrected chi connectivity index (χ3v) is 6.25. The zero-order valence-electron chi connectivity index (χ0n) is 16.0. The van der Waals surface area contributed by atoms with Crippen LogP contribution in [0, 0.1) is 0 Å². The fourth-order valence-corrected chi connectivity index (χ4v) is 4.30. The van der Waals surface area contributed by atoms with Gasteiger partial charge in [0, 0.05) is 37.7 Å². The Morgan fingerprint density at radius 3 is 2.69 bits per heavy atom. The number of benzene rings is 1. The monoisotopic (exact) mass is 382 g/mol. The van der Waals surface area contributed by atoms with E-state index in [-0.39, 0.29) is 31.5 Å². The van der Waals surface area contributed by atoms with E-state index >= 15 is 0 Å². The zero-order valence-corrected chi connectivity index (χ0v) is 16.8. The highest BCUT2D eigenvalue weighted by molar-refractivity contribution is 7.88. The molecule has 0 N–H and O–H groups in total. The van der Waals surface area contributed by atoms with Crippen molar-refractivity contribution in [1.82, 2.24) is 9.21 Å². The molecule has 0 aliphatic carbocycles. The molecule has 0 radical (unpaired) electrons. The summed E-state index contributed by atoms with van der Waals surface area (Å²) in [7, 11) is -1.86. The minimum Gasteiger partial charge on any atom is -0.496 e. The van der Waals surface area contributed by atoms with Crippen molar-refractivity contribution in [1.29, 1.82) is 0 Å². The van der Waals surface area contributed by atoms with Crippen molar-refractivity contribution < 1.29 is 17.9 Å². The number of rotatable bonds is 8. The molecule has 1 unspecified atom stereocenters. The first-order chi connectivity index (χ1) is 12.4. The third kappa shape index (κ3) is 5.45. The standard InChI is InChI=1S/C19H30N2O4S/c1-4-17-10-7-8-13-21(17)19(22)12-14-20(26(3,23)24)15-16-9-5-6-11-18(16)25-2/h5-6,9,11,17H,4,7-8,10,12-15H2,1-3H3. The van der Waals surface area contributed by atoms with Crippen molar-refractivity contribution in [2.75, 3.05) is 26.5 Å². The van der Waals surface area contributed by atoms with E-state index in [0.29, 0.717) is 5.75 Å². The topological polar surface area (TPSA) is 66.9 Å². The maximum Gasteiger partial charge on any atom is 0.224 e. The molecule has 1 heterocycles. The maximum atomic E-state index is 12.7. The highest BCUT2D eigenvalue weighted by Crippen LogP contribution is 2.22. The Labute approximate surface area is 157 Å². The number of hydrogen-bond donors (Lipinski definition) is 0. The van der Waals surface area contributed by atoms with Crippen LogP contribution in [-0.2, 0) is 21.4 Å². The Kier molecular flexibility index (Phi) is 7.46. The first kappa shape index (κ1) is 20.7. The lowest BCUT2D eigenvalue weighted by Gasteiger charge is -2.35. The molecule has 0 spiro atoms. The molecular formula is C19H30N2O4S. The van der Waals surface area contributed by atoms with Crippen LogP contribution in [0.4, 0.5) is 0 Å². The molecule has 0 saturated carbocycles. The molecule has 1 aliphatic rings. The van der Waals surface area contributed by atoms with Gasteiger partial charge in [-0.25, -0.2) is 8.42 Å². The Morgan fingerprint density at radius 1 is 1.31 bits per heavy atom. The average Bonchev–Trinajstić information content (AvgIpc) is 2.64. The minimum absolute atomic E-state index is 0.0465. The molecule has 6 nitrogen and oxygen atoms in total. The van der Waals surface area contributed by atoms with Crippen LogP contribution in [0.1, 0.15) is 44.6 Å². The molecule has 0 bridgehead atoms. The second kappa shape index (κ2) is 9.37. The number of nitrogens with zero attached hydrogens (tertiary/aromatic N) is 2. The van der Waals surface area contributed by atoms with Crippen LogP contribution in [0.25, 0.3) is 0 Å². The summed E-state index contributed by atoms with van der Waals surface area (Å²) >= 11 is 0. The van der Waals surface area contributed by atoms with Gasteiger partial charge in [0.1, 0.15) is 5.75 Å². The van der Waals surface area contributed by atoms with Crippen LogP contribution in [0.2, 0.25) is 0 Å². The number of amides is 1. The van der Waals surface area contributed by atoms with Gasteiger partial charge in [0.2, 0.25) is 15.9 Å². The molecule has 7 heteroatoms. The lowest BCUT2D eigenvalue weighted by Crippen LogP contribution is -2.44. The zero-order chi connectivity index (χ0) is 19.2. The number of carbonyl (C=O) groups excluding carboxylic acids is 1. The number of methoxy groups -OCH3 is 1. The van der Waals surface area contributed by atoms with Gasteiger partial charge in [-0.1, -0.05) is 25.1 Å². The lowest BCUT2D eigenvalue weighted by molar-refractivity contribution is -0.135. The van der Waals surface area contributed by atoms with Crippen LogP contribution >= 0.6 is 0 Å². The van der Waals surface area contributed by atoms with E-state index in [1.54, 1.807) is 13.2 Å². The van der Waals surface area contributed by atoms with Gasteiger partial charge in [-0.2, -0.15) is 4.31 Å². The molecule has 1 amide bonds. The number of hydrogen-bond acceptors (Lipinski definition) is 4. The third-order valence-electron chi connectivity index (χ3n) is 5.00. The van der Waals surface area contributed by atoms with E-state index in [1.165, 1.54) is 10.6 Å². The SMILES string of the molecule is CCC1CCCCN1C(=O)CCN(Cc1ccccc1OC)S(C)(=O)=O. The van der Waals surface area contributed by atoms with Gasteiger partial charge in [-0.15, -0.1) is 0 Å². The first-order valence-electron chi connectivity index (χ1n) is 9.23. The Morgan fingerprint density at radius 2 is 2.04 bits per heavy atom. The summed E-state index contributed by atoms with van der Waals surface area (Å²) < 4.78 is 31.1. The van der Waals surface area contributed by atoms with Crippen LogP contribution in [0.3, 0.4) is 0 Å². The van der Waals surface area contributed by atoms with Gasteiger partial charge in [-0.3, -0.25) is 4.79 Å². The molecule has 1 aromatic rings. The normalized spacial score (nSPS) is 18.2. The molecule has 0 aromatic heterocycles. The number of ether oxygens (including phenoxy) is 1. The summed E-state index contributed by atoms with van der Waals surface area (Å²) in [5.41, 5.74) is 0.789. The average molecular weight is 383 g/mol. The summed E-state index contributed by atoms with van der Waals surface area (Å²) in [5.74, 6) is 0.694. The highest BCUT2D eigenvalue weighted by Gasteiger charge is 2.27. The number of sulfonamides is 1. The molecule has 1 fully saturated rings. The van der Waals surface area contributed by atoms with Crippen molar-refractivity contribution in [2.45, 2.75) is 51.6 Å². The minimum atomic E-state index is -3.43. The quantitative estimate of drug-likeness (QED) is 0.693. The fraction of sp³-hybridized carbons (Fsp3) is 0.632. The van der Waals surface area contributed by atoms with Crippen molar-refractivity contribution in [3.05, 3.63) is 29.8 Å². The van der Waals surface area contributed by atoms with Crippen LogP contribution in [-0.4, -0.2) is 56.0 Å². The lowest BCUT2D eigenvalue weighted by atomic mass is 9.99. The molecule has 1 aromatic carbocycles. The summed E-state index contributed by atoms with van der Waals surface area (Å²) in [6, 6.07) is 7.63. The molecule has 1 saturated heterocycles. The van der Waals surface area contributed by atoms with Crippen molar-refractivity contribution >= 4 is 15.9 Å². The summed E-state index contributed by atoms with van der Waals surface area (Å²) in [4.78, 5) is 14.6.